The van der Waals surface area contributed by atoms with E-state index >= 15 is 0 Å². The summed E-state index contributed by atoms with van der Waals surface area (Å²) in [6.07, 6.45) is 3.95. The van der Waals surface area contributed by atoms with Crippen molar-refractivity contribution in [1.29, 1.82) is 0 Å². The van der Waals surface area contributed by atoms with Crippen LogP contribution in [-0.4, -0.2) is 46.9 Å². The molecule has 2 amide bonds. The van der Waals surface area contributed by atoms with E-state index in [1.165, 1.54) is 31.5 Å². The number of halogens is 1. The van der Waals surface area contributed by atoms with Gasteiger partial charge in [-0.25, -0.2) is 15.6 Å². The quantitative estimate of drug-likeness (QED) is 0.113. The average molecular weight is 524 g/mol. The van der Waals surface area contributed by atoms with Crippen LogP contribution >= 0.6 is 23.6 Å². The molecule has 190 valence electrons. The lowest BCUT2D eigenvalue weighted by Crippen LogP contribution is -2.39. The highest BCUT2D eigenvalue weighted by molar-refractivity contribution is 7.93. The molecule has 0 spiro atoms. The smallest absolute Gasteiger partial charge is 0.413 e. The molecule has 0 radical (unpaired) electrons. The zero-order valence-corrected chi connectivity index (χ0v) is 21.5. The molecule has 0 aliphatic heterocycles. The molecular formula is C22H30ClN7O4S. The number of aromatic nitrogens is 2. The lowest BCUT2D eigenvalue weighted by molar-refractivity contribution is -0.119. The fraction of sp³-hybridized carbons (Fsp3) is 0.364. The van der Waals surface area contributed by atoms with Crippen molar-refractivity contribution in [2.75, 3.05) is 25.2 Å². The second-order valence-electron chi connectivity index (χ2n) is 7.53. The van der Waals surface area contributed by atoms with Crippen LogP contribution in [0.5, 0.6) is 0 Å². The molecule has 0 saturated carbocycles. The standard InChI is InChI=1S/C22H30ClN7O4S/c1-13(9-11-33-35-4)21(31)28-15-7-8-17(27-12-15)18(24)20(30(3)25)29-22(32)34-14(2)16-6-5-10-26-19(16)23/h5-8,10,12-14H,9,11,24-25H2,1-4H3,(H,28,31)(H,29,32)/b20-18-. The number of ether oxygens (including phenoxy) is 1. The molecule has 0 aromatic carbocycles. The zero-order valence-electron chi connectivity index (χ0n) is 19.9. The van der Waals surface area contributed by atoms with Gasteiger partial charge in [-0.2, -0.15) is 0 Å². The maximum atomic E-state index is 12.5. The molecule has 2 aromatic rings. The molecule has 11 nitrogen and oxygen atoms in total. The molecule has 13 heteroatoms. The number of nitrogens with two attached hydrogens (primary N) is 2. The summed E-state index contributed by atoms with van der Waals surface area (Å²) in [6.45, 7) is 3.96. The molecule has 2 atom stereocenters. The molecule has 6 N–H and O–H groups in total. The van der Waals surface area contributed by atoms with E-state index in [-0.39, 0.29) is 28.5 Å². The van der Waals surface area contributed by atoms with Crippen LogP contribution in [0.2, 0.25) is 5.15 Å². The maximum Gasteiger partial charge on any atom is 0.413 e. The summed E-state index contributed by atoms with van der Waals surface area (Å²) < 4.78 is 10.6. The van der Waals surface area contributed by atoms with Crippen LogP contribution < -0.4 is 22.2 Å². The zero-order chi connectivity index (χ0) is 26.0. The van der Waals surface area contributed by atoms with Crippen molar-refractivity contribution >= 4 is 47.0 Å². The largest absolute Gasteiger partial charge is 0.441 e. The number of hydrazine groups is 1. The number of rotatable bonds is 11. The van der Waals surface area contributed by atoms with Crippen molar-refractivity contribution in [1.82, 2.24) is 20.3 Å². The monoisotopic (exact) mass is 523 g/mol. The van der Waals surface area contributed by atoms with E-state index in [9.17, 15) is 9.59 Å². The number of carbonyl (C=O) groups is 2. The number of nitrogens with zero attached hydrogens (tertiary/aromatic N) is 3. The number of alkyl carbamates (subject to hydrolysis) is 1. The van der Waals surface area contributed by atoms with Gasteiger partial charge in [0.15, 0.2) is 5.82 Å². The minimum absolute atomic E-state index is 0.0752. The Bertz CT molecular complexity index is 1040. The molecule has 0 fully saturated rings. The number of hydrogen-bond donors (Lipinski definition) is 4. The fourth-order valence-electron chi connectivity index (χ4n) is 2.85. The van der Waals surface area contributed by atoms with Gasteiger partial charge in [-0.1, -0.05) is 24.6 Å². The summed E-state index contributed by atoms with van der Waals surface area (Å²) in [5.74, 6) is 5.56. The Morgan fingerprint density at radius 3 is 2.60 bits per heavy atom. The summed E-state index contributed by atoms with van der Waals surface area (Å²) in [5.41, 5.74) is 7.69. The van der Waals surface area contributed by atoms with Crippen molar-refractivity contribution in [3.8, 4) is 0 Å². The van der Waals surface area contributed by atoms with E-state index in [1.54, 1.807) is 31.2 Å². The molecule has 0 saturated heterocycles. The fourth-order valence-corrected chi connectivity index (χ4v) is 3.39. The molecular weight excluding hydrogens is 494 g/mol. The molecule has 0 aliphatic rings. The summed E-state index contributed by atoms with van der Waals surface area (Å²) in [5, 5.41) is 6.70. The number of pyridine rings is 2. The van der Waals surface area contributed by atoms with Crippen molar-refractivity contribution < 1.29 is 18.5 Å². The van der Waals surface area contributed by atoms with Gasteiger partial charge in [0.05, 0.1) is 24.2 Å². The van der Waals surface area contributed by atoms with Gasteiger partial charge in [-0.15, -0.1) is 0 Å². The highest BCUT2D eigenvalue weighted by Gasteiger charge is 2.19. The van der Waals surface area contributed by atoms with Crippen LogP contribution in [0.15, 0.2) is 42.5 Å². The number of nitrogens with one attached hydrogen (secondary N) is 2. The lowest BCUT2D eigenvalue weighted by atomic mass is 10.1. The molecule has 2 unspecified atom stereocenters. The van der Waals surface area contributed by atoms with Gasteiger partial charge in [0, 0.05) is 31.0 Å². The molecule has 2 rings (SSSR count). The highest BCUT2D eigenvalue weighted by atomic mass is 35.5. The molecule has 35 heavy (non-hydrogen) atoms. The van der Waals surface area contributed by atoms with Crippen LogP contribution in [0, 0.1) is 5.92 Å². The average Bonchev–Trinajstić information content (AvgIpc) is 2.82. The first-order valence-electron chi connectivity index (χ1n) is 10.6. The van der Waals surface area contributed by atoms with Gasteiger partial charge in [0.2, 0.25) is 5.91 Å². The Balaban J connectivity index is 2.07. The number of amides is 2. The Hall–Kier alpha value is -3.06. The maximum absolute atomic E-state index is 12.5. The summed E-state index contributed by atoms with van der Waals surface area (Å²) in [6, 6.07) is 6.64. The third-order valence-corrected chi connectivity index (χ3v) is 5.56. The van der Waals surface area contributed by atoms with Gasteiger partial charge >= 0.3 is 6.09 Å². The lowest BCUT2D eigenvalue weighted by Gasteiger charge is -2.21. The summed E-state index contributed by atoms with van der Waals surface area (Å²) in [7, 11) is 1.50. The van der Waals surface area contributed by atoms with Gasteiger partial charge in [-0.05, 0) is 43.6 Å². The second kappa shape index (κ2) is 13.7. The van der Waals surface area contributed by atoms with Gasteiger partial charge in [-0.3, -0.25) is 20.1 Å². The highest BCUT2D eigenvalue weighted by Crippen LogP contribution is 2.23. The van der Waals surface area contributed by atoms with Gasteiger partial charge < -0.3 is 20.0 Å². The summed E-state index contributed by atoms with van der Waals surface area (Å²) in [4.78, 5) is 33.0. The third kappa shape index (κ3) is 8.58. The van der Waals surface area contributed by atoms with E-state index in [2.05, 4.69) is 20.6 Å². The predicted molar refractivity (Wildman–Crippen MR) is 136 cm³/mol. The Kier molecular flexibility index (Phi) is 11.1. The Morgan fingerprint density at radius 2 is 2.00 bits per heavy atom. The first kappa shape index (κ1) is 28.2. The Labute approximate surface area is 213 Å². The molecule has 2 aromatic heterocycles. The SMILES string of the molecule is CSOCCC(C)C(=O)Nc1ccc(/C(N)=C(\NC(=O)OC(C)c2cccnc2Cl)N(C)N)nc1. The van der Waals surface area contributed by atoms with Gasteiger partial charge in [0.25, 0.3) is 0 Å². The molecule has 0 bridgehead atoms. The predicted octanol–water partition coefficient (Wildman–Crippen LogP) is 3.27. The van der Waals surface area contributed by atoms with Crippen LogP contribution in [0.3, 0.4) is 0 Å². The third-order valence-electron chi connectivity index (χ3n) is 4.84. The summed E-state index contributed by atoms with van der Waals surface area (Å²) >= 11 is 7.32. The van der Waals surface area contributed by atoms with Crippen LogP contribution in [0.4, 0.5) is 10.5 Å². The number of anilines is 1. The Morgan fingerprint density at radius 1 is 1.26 bits per heavy atom. The van der Waals surface area contributed by atoms with Gasteiger partial charge in [0.1, 0.15) is 17.0 Å². The van der Waals surface area contributed by atoms with Crippen LogP contribution in [0.25, 0.3) is 5.70 Å². The topological polar surface area (TPSA) is 158 Å². The van der Waals surface area contributed by atoms with E-state index < -0.39 is 12.2 Å². The van der Waals surface area contributed by atoms with E-state index in [0.29, 0.717) is 30.0 Å². The number of carbonyl (C=O) groups excluding carboxylic acids is 2. The second-order valence-corrected chi connectivity index (χ2v) is 8.46. The first-order valence-corrected chi connectivity index (χ1v) is 12.2. The first-order chi connectivity index (χ1) is 16.6. The van der Waals surface area contributed by atoms with Crippen molar-refractivity contribution in [2.45, 2.75) is 26.4 Å². The minimum Gasteiger partial charge on any atom is -0.441 e. The van der Waals surface area contributed by atoms with Crippen molar-refractivity contribution in [3.63, 3.8) is 0 Å². The van der Waals surface area contributed by atoms with Crippen LogP contribution in [0.1, 0.15) is 37.6 Å². The van der Waals surface area contributed by atoms with Crippen molar-refractivity contribution in [3.05, 3.63) is 58.9 Å². The van der Waals surface area contributed by atoms with E-state index in [4.69, 9.17) is 32.1 Å². The normalized spacial score (nSPS) is 13.3. The molecule has 2 heterocycles. The molecule has 0 aliphatic carbocycles. The van der Waals surface area contributed by atoms with Crippen molar-refractivity contribution in [2.24, 2.45) is 17.5 Å². The van der Waals surface area contributed by atoms with E-state index in [1.807, 2.05) is 13.2 Å². The van der Waals surface area contributed by atoms with E-state index in [0.717, 1.165) is 5.01 Å². The minimum atomic E-state index is -0.795. The number of hydrogen-bond acceptors (Lipinski definition) is 10. The van der Waals surface area contributed by atoms with Crippen LogP contribution in [-0.2, 0) is 13.7 Å².